The molecule has 5 heteroatoms. The van der Waals surface area contributed by atoms with E-state index in [2.05, 4.69) is 16.3 Å². The van der Waals surface area contributed by atoms with Crippen molar-refractivity contribution in [1.29, 1.82) is 0 Å². The first-order valence-corrected chi connectivity index (χ1v) is 7.79. The Hall–Kier alpha value is -2.04. The molecule has 0 radical (unpaired) electrons. The maximum Gasteiger partial charge on any atom is 0.258 e. The quantitative estimate of drug-likeness (QED) is 0.847. The fourth-order valence-corrected chi connectivity index (χ4v) is 2.37. The van der Waals surface area contributed by atoms with Gasteiger partial charge < -0.3 is 15.0 Å². The molecule has 23 heavy (non-hydrogen) atoms. The number of halogens is 1. The van der Waals surface area contributed by atoms with Gasteiger partial charge in [-0.3, -0.25) is 4.79 Å². The van der Waals surface area contributed by atoms with Gasteiger partial charge in [0.05, 0.1) is 5.02 Å². The molecule has 0 aliphatic carbocycles. The molecular weight excluding hydrogens is 312 g/mol. The molecule has 0 saturated carbocycles. The summed E-state index contributed by atoms with van der Waals surface area (Å²) in [7, 11) is 4.04. The zero-order valence-corrected chi connectivity index (χ0v) is 14.1. The van der Waals surface area contributed by atoms with Crippen LogP contribution in [0.1, 0.15) is 11.1 Å². The SMILES string of the molecule is CN(C)Cc1ccccc1CNC(=O)COc1ccccc1Cl. The molecule has 0 aliphatic heterocycles. The van der Waals surface area contributed by atoms with E-state index in [0.717, 1.165) is 12.1 Å². The predicted octanol–water partition coefficient (Wildman–Crippen LogP) is 3.10. The Morgan fingerprint density at radius 1 is 1.09 bits per heavy atom. The molecule has 122 valence electrons. The maximum atomic E-state index is 11.9. The first kappa shape index (κ1) is 17.3. The number of rotatable bonds is 7. The molecule has 0 aliphatic rings. The third-order valence-corrected chi connectivity index (χ3v) is 3.59. The summed E-state index contributed by atoms with van der Waals surface area (Å²) in [5.74, 6) is 0.335. The van der Waals surface area contributed by atoms with Crippen molar-refractivity contribution < 1.29 is 9.53 Å². The molecule has 0 heterocycles. The number of ether oxygens (including phenoxy) is 1. The van der Waals surface area contributed by atoms with Gasteiger partial charge >= 0.3 is 0 Å². The second-order valence-corrected chi connectivity index (χ2v) is 5.91. The van der Waals surface area contributed by atoms with E-state index in [-0.39, 0.29) is 12.5 Å². The number of benzene rings is 2. The van der Waals surface area contributed by atoms with Gasteiger partial charge in [0.1, 0.15) is 5.75 Å². The highest BCUT2D eigenvalue weighted by Crippen LogP contribution is 2.22. The smallest absolute Gasteiger partial charge is 0.258 e. The Kier molecular flexibility index (Phi) is 6.44. The molecule has 0 spiro atoms. The predicted molar refractivity (Wildman–Crippen MR) is 92.6 cm³/mol. The van der Waals surface area contributed by atoms with Gasteiger partial charge in [0.25, 0.3) is 5.91 Å². The van der Waals surface area contributed by atoms with Crippen LogP contribution in [-0.2, 0) is 17.9 Å². The number of amides is 1. The number of carbonyl (C=O) groups excluding carboxylic acids is 1. The van der Waals surface area contributed by atoms with E-state index in [4.69, 9.17) is 16.3 Å². The molecule has 2 aromatic carbocycles. The lowest BCUT2D eigenvalue weighted by molar-refractivity contribution is -0.123. The fourth-order valence-electron chi connectivity index (χ4n) is 2.17. The zero-order chi connectivity index (χ0) is 16.7. The molecule has 2 rings (SSSR count). The number of nitrogens with zero attached hydrogens (tertiary/aromatic N) is 1. The second kappa shape index (κ2) is 8.56. The average molecular weight is 333 g/mol. The second-order valence-electron chi connectivity index (χ2n) is 5.50. The molecule has 0 bridgehead atoms. The highest BCUT2D eigenvalue weighted by Gasteiger charge is 2.07. The van der Waals surface area contributed by atoms with E-state index in [1.807, 2.05) is 44.4 Å². The summed E-state index contributed by atoms with van der Waals surface area (Å²) in [4.78, 5) is 14.0. The minimum Gasteiger partial charge on any atom is -0.482 e. The van der Waals surface area contributed by atoms with Gasteiger partial charge in [-0.2, -0.15) is 0 Å². The molecule has 1 N–H and O–H groups in total. The average Bonchev–Trinajstić information content (AvgIpc) is 2.53. The van der Waals surface area contributed by atoms with Crippen molar-refractivity contribution in [2.45, 2.75) is 13.1 Å². The van der Waals surface area contributed by atoms with Crippen LogP contribution in [0, 0.1) is 0 Å². The number of carbonyl (C=O) groups is 1. The number of para-hydroxylation sites is 1. The van der Waals surface area contributed by atoms with Gasteiger partial charge in [-0.25, -0.2) is 0 Å². The first-order chi connectivity index (χ1) is 11.1. The van der Waals surface area contributed by atoms with Crippen molar-refractivity contribution in [3.8, 4) is 5.75 Å². The summed E-state index contributed by atoms with van der Waals surface area (Å²) in [6.07, 6.45) is 0. The van der Waals surface area contributed by atoms with Crippen LogP contribution < -0.4 is 10.1 Å². The van der Waals surface area contributed by atoms with E-state index < -0.39 is 0 Å². The Morgan fingerprint density at radius 3 is 2.43 bits per heavy atom. The monoisotopic (exact) mass is 332 g/mol. The summed E-state index contributed by atoms with van der Waals surface area (Å²) in [6.45, 7) is 1.26. The van der Waals surface area contributed by atoms with Crippen LogP contribution in [0.3, 0.4) is 0 Å². The highest BCUT2D eigenvalue weighted by molar-refractivity contribution is 6.32. The maximum absolute atomic E-state index is 11.9. The Balaban J connectivity index is 1.86. The molecular formula is C18H21ClN2O2. The van der Waals surface area contributed by atoms with Crippen LogP contribution in [0.5, 0.6) is 5.75 Å². The summed E-state index contributed by atoms with van der Waals surface area (Å²) in [5.41, 5.74) is 2.30. The number of nitrogens with one attached hydrogen (secondary N) is 1. The van der Waals surface area contributed by atoms with Crippen LogP contribution in [0.15, 0.2) is 48.5 Å². The van der Waals surface area contributed by atoms with E-state index in [1.54, 1.807) is 12.1 Å². The van der Waals surface area contributed by atoms with E-state index in [0.29, 0.717) is 17.3 Å². The van der Waals surface area contributed by atoms with Crippen molar-refractivity contribution in [1.82, 2.24) is 10.2 Å². The summed E-state index contributed by atoms with van der Waals surface area (Å²) in [5, 5.41) is 3.37. The lowest BCUT2D eigenvalue weighted by Gasteiger charge is -2.15. The molecule has 1 amide bonds. The van der Waals surface area contributed by atoms with Gasteiger partial charge in [0, 0.05) is 13.1 Å². The van der Waals surface area contributed by atoms with Gasteiger partial charge in [0.2, 0.25) is 0 Å². The van der Waals surface area contributed by atoms with Gasteiger partial charge in [-0.15, -0.1) is 0 Å². The lowest BCUT2D eigenvalue weighted by atomic mass is 10.1. The van der Waals surface area contributed by atoms with E-state index in [1.165, 1.54) is 5.56 Å². The minimum absolute atomic E-state index is 0.0560. The van der Waals surface area contributed by atoms with Crippen LogP contribution in [0.2, 0.25) is 5.02 Å². The van der Waals surface area contributed by atoms with Crippen molar-refractivity contribution in [2.24, 2.45) is 0 Å². The van der Waals surface area contributed by atoms with Crippen molar-refractivity contribution in [3.63, 3.8) is 0 Å². The molecule has 0 atom stereocenters. The number of hydrogen-bond acceptors (Lipinski definition) is 3. The molecule has 0 unspecified atom stereocenters. The molecule has 0 fully saturated rings. The first-order valence-electron chi connectivity index (χ1n) is 7.42. The van der Waals surface area contributed by atoms with Gasteiger partial charge in [-0.05, 0) is 37.4 Å². The molecule has 0 saturated heterocycles. The lowest BCUT2D eigenvalue weighted by Crippen LogP contribution is -2.29. The van der Waals surface area contributed by atoms with Crippen molar-refractivity contribution >= 4 is 17.5 Å². The van der Waals surface area contributed by atoms with Crippen molar-refractivity contribution in [2.75, 3.05) is 20.7 Å². The standard InChI is InChI=1S/C18H21ClN2O2/c1-21(2)12-15-8-4-3-7-14(15)11-20-18(22)13-23-17-10-6-5-9-16(17)19/h3-10H,11-13H2,1-2H3,(H,20,22). The summed E-state index contributed by atoms with van der Waals surface area (Å²) >= 11 is 5.99. The Morgan fingerprint density at radius 2 is 1.74 bits per heavy atom. The highest BCUT2D eigenvalue weighted by atomic mass is 35.5. The van der Waals surface area contributed by atoms with Crippen LogP contribution >= 0.6 is 11.6 Å². The van der Waals surface area contributed by atoms with E-state index in [9.17, 15) is 4.79 Å². The third kappa shape index (κ3) is 5.58. The van der Waals surface area contributed by atoms with Crippen LogP contribution in [0.25, 0.3) is 0 Å². The Labute approximate surface area is 142 Å². The topological polar surface area (TPSA) is 41.6 Å². The summed E-state index contributed by atoms with van der Waals surface area (Å²) < 4.78 is 5.43. The number of hydrogen-bond donors (Lipinski definition) is 1. The molecule has 0 aromatic heterocycles. The van der Waals surface area contributed by atoms with Crippen molar-refractivity contribution in [3.05, 3.63) is 64.7 Å². The minimum atomic E-state index is -0.176. The zero-order valence-electron chi connectivity index (χ0n) is 13.4. The van der Waals surface area contributed by atoms with Gasteiger partial charge in [0.15, 0.2) is 6.61 Å². The molecule has 4 nitrogen and oxygen atoms in total. The van der Waals surface area contributed by atoms with Crippen LogP contribution in [-0.4, -0.2) is 31.5 Å². The summed E-state index contributed by atoms with van der Waals surface area (Å²) in [6, 6.07) is 15.2. The Bertz CT molecular complexity index is 659. The molecule has 2 aromatic rings. The fraction of sp³-hybridized carbons (Fsp3) is 0.278. The van der Waals surface area contributed by atoms with Crippen LogP contribution in [0.4, 0.5) is 0 Å². The largest absolute Gasteiger partial charge is 0.482 e. The van der Waals surface area contributed by atoms with Gasteiger partial charge in [-0.1, -0.05) is 48.0 Å². The third-order valence-electron chi connectivity index (χ3n) is 3.28. The van der Waals surface area contributed by atoms with E-state index >= 15 is 0 Å². The normalized spacial score (nSPS) is 10.6.